The summed E-state index contributed by atoms with van der Waals surface area (Å²) >= 11 is 1.54. The molecule has 2 aromatic rings. The van der Waals surface area contributed by atoms with Gasteiger partial charge in [-0.3, -0.25) is 4.79 Å². The molecule has 2 aliphatic rings. The van der Waals surface area contributed by atoms with Gasteiger partial charge in [0.1, 0.15) is 5.82 Å². The van der Waals surface area contributed by atoms with Crippen LogP contribution in [0.15, 0.2) is 23.4 Å². The number of aryl methyl sites for hydroxylation is 3. The van der Waals surface area contributed by atoms with Crippen LogP contribution in [-0.2, 0) is 12.8 Å². The minimum Gasteiger partial charge on any atom is -0.303 e. The molecule has 1 aromatic carbocycles. The monoisotopic (exact) mass is 369 g/mol. The van der Waals surface area contributed by atoms with Crippen LogP contribution < -0.4 is 0 Å². The highest BCUT2D eigenvalue weighted by Gasteiger charge is 2.22. The molecule has 4 nitrogen and oxygen atoms in total. The smallest absolute Gasteiger partial charge is 0.191 e. The van der Waals surface area contributed by atoms with Crippen molar-refractivity contribution in [3.63, 3.8) is 0 Å². The first-order valence-electron chi connectivity index (χ1n) is 9.91. The van der Waals surface area contributed by atoms with Gasteiger partial charge in [0.15, 0.2) is 10.9 Å². The van der Waals surface area contributed by atoms with Gasteiger partial charge in [-0.15, -0.1) is 10.2 Å². The molecule has 1 saturated carbocycles. The summed E-state index contributed by atoms with van der Waals surface area (Å²) in [6.45, 7) is 2.02. The van der Waals surface area contributed by atoms with Crippen molar-refractivity contribution in [2.75, 3.05) is 5.75 Å². The third kappa shape index (κ3) is 3.73. The fourth-order valence-corrected chi connectivity index (χ4v) is 5.27. The summed E-state index contributed by atoms with van der Waals surface area (Å²) in [4.78, 5) is 12.7. The first-order chi connectivity index (χ1) is 12.7. The molecular weight excluding hydrogens is 342 g/mol. The maximum atomic E-state index is 12.7. The van der Waals surface area contributed by atoms with Crippen LogP contribution in [0.2, 0.25) is 0 Å². The van der Waals surface area contributed by atoms with Crippen molar-refractivity contribution in [1.29, 1.82) is 0 Å². The van der Waals surface area contributed by atoms with Crippen LogP contribution >= 0.6 is 11.8 Å². The standard InChI is InChI=1S/C21H27N3OS/c1-15-22-23-21(24(15)19-9-3-2-4-10-19)26-14-20(25)18-12-11-16-7-5-6-8-17(16)13-18/h11-13,19H,2-10,14H2,1H3. The lowest BCUT2D eigenvalue weighted by atomic mass is 9.90. The summed E-state index contributed by atoms with van der Waals surface area (Å²) in [5.74, 6) is 1.60. The minimum atomic E-state index is 0.194. The number of thioether (sulfide) groups is 1. The van der Waals surface area contributed by atoms with E-state index in [9.17, 15) is 4.79 Å². The van der Waals surface area contributed by atoms with Crippen LogP contribution in [0.4, 0.5) is 0 Å². The van der Waals surface area contributed by atoms with Crippen molar-refractivity contribution in [1.82, 2.24) is 14.8 Å². The molecule has 0 amide bonds. The van der Waals surface area contributed by atoms with Crippen molar-refractivity contribution in [3.8, 4) is 0 Å². The fourth-order valence-electron chi connectivity index (χ4n) is 4.33. The number of rotatable bonds is 5. The summed E-state index contributed by atoms with van der Waals surface area (Å²) in [7, 11) is 0. The van der Waals surface area contributed by atoms with Crippen molar-refractivity contribution in [3.05, 3.63) is 40.7 Å². The van der Waals surface area contributed by atoms with Crippen LogP contribution in [0.5, 0.6) is 0 Å². The van der Waals surface area contributed by atoms with E-state index in [1.807, 2.05) is 13.0 Å². The second-order valence-corrected chi connectivity index (χ2v) is 8.54. The molecule has 26 heavy (non-hydrogen) atoms. The van der Waals surface area contributed by atoms with E-state index in [1.54, 1.807) is 11.8 Å². The highest BCUT2D eigenvalue weighted by atomic mass is 32.2. The summed E-state index contributed by atoms with van der Waals surface area (Å²) in [6, 6.07) is 6.78. The summed E-state index contributed by atoms with van der Waals surface area (Å²) < 4.78 is 2.27. The molecule has 2 aliphatic carbocycles. The Morgan fingerprint density at radius 2 is 1.85 bits per heavy atom. The Hall–Kier alpha value is -1.62. The van der Waals surface area contributed by atoms with Gasteiger partial charge < -0.3 is 4.57 Å². The number of ketones is 1. The molecule has 0 aliphatic heterocycles. The largest absolute Gasteiger partial charge is 0.303 e. The Labute approximate surface area is 159 Å². The molecule has 0 unspecified atom stereocenters. The van der Waals surface area contributed by atoms with E-state index in [0.29, 0.717) is 11.8 Å². The molecule has 0 radical (unpaired) electrons. The minimum absolute atomic E-state index is 0.194. The predicted octanol–water partition coefficient (Wildman–Crippen LogP) is 4.95. The number of carbonyl (C=O) groups excluding carboxylic acids is 1. The first-order valence-corrected chi connectivity index (χ1v) is 10.9. The molecule has 0 atom stereocenters. The normalized spacial score (nSPS) is 17.9. The van der Waals surface area contributed by atoms with E-state index in [-0.39, 0.29) is 5.78 Å². The van der Waals surface area contributed by atoms with E-state index in [4.69, 9.17) is 0 Å². The van der Waals surface area contributed by atoms with Gasteiger partial charge in [-0.2, -0.15) is 0 Å². The van der Waals surface area contributed by atoms with Crippen LogP contribution in [0.1, 0.15) is 78.3 Å². The number of Topliss-reactive ketones (excluding diaryl/α,β-unsaturated/α-hetero) is 1. The first kappa shape index (κ1) is 17.8. The third-order valence-electron chi connectivity index (χ3n) is 5.78. The fraction of sp³-hybridized carbons (Fsp3) is 0.571. The Balaban J connectivity index is 1.45. The van der Waals surface area contributed by atoms with Gasteiger partial charge in [0.2, 0.25) is 0 Å². The van der Waals surface area contributed by atoms with Gasteiger partial charge in [-0.25, -0.2) is 0 Å². The lowest BCUT2D eigenvalue weighted by Crippen LogP contribution is -2.15. The maximum absolute atomic E-state index is 12.7. The second-order valence-electron chi connectivity index (χ2n) is 7.59. The zero-order valence-electron chi connectivity index (χ0n) is 15.5. The zero-order chi connectivity index (χ0) is 17.9. The average Bonchev–Trinajstić information content (AvgIpc) is 3.06. The molecule has 1 fully saturated rings. The molecule has 5 heteroatoms. The van der Waals surface area contributed by atoms with E-state index >= 15 is 0 Å². The zero-order valence-corrected chi connectivity index (χ0v) is 16.4. The van der Waals surface area contributed by atoms with Crippen LogP contribution in [-0.4, -0.2) is 26.3 Å². The third-order valence-corrected chi connectivity index (χ3v) is 6.72. The Morgan fingerprint density at radius 1 is 1.08 bits per heavy atom. The van der Waals surface area contributed by atoms with Crippen molar-refractivity contribution in [2.24, 2.45) is 0 Å². The summed E-state index contributed by atoms with van der Waals surface area (Å²) in [6.07, 6.45) is 11.1. The lowest BCUT2D eigenvalue weighted by Gasteiger charge is -2.24. The molecule has 138 valence electrons. The second kappa shape index (κ2) is 7.95. The number of hydrogen-bond acceptors (Lipinski definition) is 4. The van der Waals surface area contributed by atoms with E-state index in [0.717, 1.165) is 29.4 Å². The molecule has 0 saturated heterocycles. The van der Waals surface area contributed by atoms with Crippen LogP contribution in [0.25, 0.3) is 0 Å². The van der Waals surface area contributed by atoms with Gasteiger partial charge >= 0.3 is 0 Å². The van der Waals surface area contributed by atoms with Gasteiger partial charge in [0.25, 0.3) is 0 Å². The average molecular weight is 370 g/mol. The highest BCUT2D eigenvalue weighted by Crippen LogP contribution is 2.32. The highest BCUT2D eigenvalue weighted by molar-refractivity contribution is 7.99. The van der Waals surface area contributed by atoms with Crippen molar-refractivity contribution in [2.45, 2.75) is 75.9 Å². The van der Waals surface area contributed by atoms with Crippen LogP contribution in [0, 0.1) is 6.92 Å². The summed E-state index contributed by atoms with van der Waals surface area (Å²) in [5.41, 5.74) is 3.64. The van der Waals surface area contributed by atoms with E-state index < -0.39 is 0 Å². The van der Waals surface area contributed by atoms with E-state index in [1.165, 1.54) is 56.1 Å². The van der Waals surface area contributed by atoms with Crippen molar-refractivity contribution >= 4 is 17.5 Å². The Morgan fingerprint density at radius 3 is 2.65 bits per heavy atom. The Kier molecular flexibility index (Phi) is 5.44. The molecule has 0 spiro atoms. The van der Waals surface area contributed by atoms with Crippen molar-refractivity contribution < 1.29 is 4.79 Å². The number of fused-ring (bicyclic) bond motifs is 1. The Bertz CT molecular complexity index is 793. The SMILES string of the molecule is Cc1nnc(SCC(=O)c2ccc3c(c2)CCCC3)n1C1CCCCC1. The molecule has 0 N–H and O–H groups in total. The molecule has 4 rings (SSSR count). The molecule has 0 bridgehead atoms. The lowest BCUT2D eigenvalue weighted by molar-refractivity contribution is 0.102. The molecular formula is C21H27N3OS. The number of nitrogens with zero attached hydrogens (tertiary/aromatic N) is 3. The molecule has 1 heterocycles. The quantitative estimate of drug-likeness (QED) is 0.553. The molecule has 1 aromatic heterocycles. The van der Waals surface area contributed by atoms with Gasteiger partial charge in [-0.1, -0.05) is 43.2 Å². The summed E-state index contributed by atoms with van der Waals surface area (Å²) in [5, 5.41) is 9.53. The topological polar surface area (TPSA) is 47.8 Å². The number of aromatic nitrogens is 3. The maximum Gasteiger partial charge on any atom is 0.191 e. The number of hydrogen-bond donors (Lipinski definition) is 0. The van der Waals surface area contributed by atoms with Gasteiger partial charge in [0.05, 0.1) is 5.75 Å². The number of carbonyl (C=O) groups is 1. The van der Waals surface area contributed by atoms with Gasteiger partial charge in [0, 0.05) is 11.6 Å². The van der Waals surface area contributed by atoms with Gasteiger partial charge in [-0.05, 0) is 62.6 Å². The predicted molar refractivity (Wildman–Crippen MR) is 105 cm³/mol. The number of benzene rings is 1. The van der Waals surface area contributed by atoms with E-state index in [2.05, 4.69) is 26.9 Å². The van der Waals surface area contributed by atoms with Crippen LogP contribution in [0.3, 0.4) is 0 Å².